The standard InChI is InChI=1S/C13H12BrClN2O2S/c1-7-3-12(17(18)19)10(15)5-11(7)16-8(2)13-4-9(14)6-20-13/h3-6,8,16H,1-2H3. The molecule has 0 amide bonds. The Kier molecular flexibility index (Phi) is 4.67. The van der Waals surface area contributed by atoms with Gasteiger partial charge < -0.3 is 5.32 Å². The van der Waals surface area contributed by atoms with E-state index in [1.807, 2.05) is 25.3 Å². The number of hydrogen-bond acceptors (Lipinski definition) is 4. The van der Waals surface area contributed by atoms with Crippen LogP contribution in [-0.2, 0) is 0 Å². The van der Waals surface area contributed by atoms with Gasteiger partial charge in [0, 0.05) is 26.5 Å². The van der Waals surface area contributed by atoms with Crippen LogP contribution in [0.15, 0.2) is 28.1 Å². The van der Waals surface area contributed by atoms with E-state index < -0.39 is 4.92 Å². The quantitative estimate of drug-likeness (QED) is 0.562. The van der Waals surface area contributed by atoms with Gasteiger partial charge in [0.15, 0.2) is 0 Å². The van der Waals surface area contributed by atoms with Crippen LogP contribution in [0.3, 0.4) is 0 Å². The molecule has 0 saturated heterocycles. The Morgan fingerprint density at radius 2 is 2.15 bits per heavy atom. The molecule has 1 aromatic carbocycles. The van der Waals surface area contributed by atoms with Crippen LogP contribution in [0.25, 0.3) is 0 Å². The number of benzene rings is 1. The van der Waals surface area contributed by atoms with Crippen LogP contribution in [0.1, 0.15) is 23.4 Å². The second-order valence-electron chi connectivity index (χ2n) is 4.41. The van der Waals surface area contributed by atoms with Crippen molar-refractivity contribution in [3.05, 3.63) is 53.6 Å². The fourth-order valence-electron chi connectivity index (χ4n) is 1.82. The molecule has 0 saturated carbocycles. The third-order valence-electron chi connectivity index (χ3n) is 2.88. The Morgan fingerprint density at radius 1 is 1.45 bits per heavy atom. The zero-order valence-corrected chi connectivity index (χ0v) is 14.0. The number of nitro benzene ring substituents is 1. The summed E-state index contributed by atoms with van der Waals surface area (Å²) >= 11 is 11.0. The Bertz CT molecular complexity index is 660. The van der Waals surface area contributed by atoms with Crippen LogP contribution in [0.4, 0.5) is 11.4 Å². The first-order chi connectivity index (χ1) is 9.38. The maximum absolute atomic E-state index is 10.8. The van der Waals surface area contributed by atoms with Crippen LogP contribution in [0.2, 0.25) is 5.02 Å². The van der Waals surface area contributed by atoms with E-state index in [1.54, 1.807) is 17.4 Å². The van der Waals surface area contributed by atoms with E-state index in [2.05, 4.69) is 21.2 Å². The molecule has 1 aromatic heterocycles. The van der Waals surface area contributed by atoms with Crippen molar-refractivity contribution < 1.29 is 4.92 Å². The van der Waals surface area contributed by atoms with E-state index in [9.17, 15) is 10.1 Å². The molecule has 2 rings (SSSR count). The molecule has 0 aliphatic rings. The lowest BCUT2D eigenvalue weighted by atomic mass is 10.1. The second-order valence-corrected chi connectivity index (χ2v) is 6.67. The largest absolute Gasteiger partial charge is 0.377 e. The summed E-state index contributed by atoms with van der Waals surface area (Å²) < 4.78 is 1.05. The maximum atomic E-state index is 10.8. The zero-order chi connectivity index (χ0) is 14.9. The average molecular weight is 376 g/mol. The number of anilines is 1. The molecule has 0 aliphatic carbocycles. The van der Waals surface area contributed by atoms with Gasteiger partial charge in [0.25, 0.3) is 5.69 Å². The van der Waals surface area contributed by atoms with Gasteiger partial charge in [-0.15, -0.1) is 11.3 Å². The number of aryl methyl sites for hydroxylation is 1. The molecule has 0 bridgehead atoms. The van der Waals surface area contributed by atoms with Gasteiger partial charge >= 0.3 is 0 Å². The van der Waals surface area contributed by atoms with Crippen LogP contribution >= 0.6 is 38.9 Å². The highest BCUT2D eigenvalue weighted by Gasteiger charge is 2.16. The lowest BCUT2D eigenvalue weighted by Gasteiger charge is -2.16. The van der Waals surface area contributed by atoms with Crippen molar-refractivity contribution >= 4 is 50.2 Å². The van der Waals surface area contributed by atoms with Gasteiger partial charge in [-0.1, -0.05) is 11.6 Å². The van der Waals surface area contributed by atoms with Gasteiger partial charge in [-0.3, -0.25) is 10.1 Å². The van der Waals surface area contributed by atoms with Gasteiger partial charge in [0.1, 0.15) is 5.02 Å². The Labute approximate surface area is 134 Å². The normalized spacial score (nSPS) is 12.2. The predicted octanol–water partition coefficient (Wildman–Crippen LogP) is 5.55. The summed E-state index contributed by atoms with van der Waals surface area (Å²) in [5.41, 5.74) is 1.53. The summed E-state index contributed by atoms with van der Waals surface area (Å²) in [6.07, 6.45) is 0. The van der Waals surface area contributed by atoms with E-state index in [0.29, 0.717) is 0 Å². The fourth-order valence-corrected chi connectivity index (χ4v) is 3.51. The number of nitrogens with zero attached hydrogens (tertiary/aromatic N) is 1. The van der Waals surface area contributed by atoms with Gasteiger partial charge in [0.05, 0.1) is 11.0 Å². The van der Waals surface area contributed by atoms with Crippen LogP contribution in [0.5, 0.6) is 0 Å². The van der Waals surface area contributed by atoms with Crippen molar-refractivity contribution in [3.63, 3.8) is 0 Å². The van der Waals surface area contributed by atoms with Crippen molar-refractivity contribution in [2.45, 2.75) is 19.9 Å². The van der Waals surface area contributed by atoms with Gasteiger partial charge in [-0.05, 0) is 47.5 Å². The fraction of sp³-hybridized carbons (Fsp3) is 0.231. The highest BCUT2D eigenvalue weighted by Crippen LogP contribution is 2.33. The van der Waals surface area contributed by atoms with E-state index in [4.69, 9.17) is 11.6 Å². The zero-order valence-electron chi connectivity index (χ0n) is 10.8. The molecule has 1 unspecified atom stereocenters. The van der Waals surface area contributed by atoms with Crippen LogP contribution < -0.4 is 5.32 Å². The molecule has 0 aliphatic heterocycles. The van der Waals surface area contributed by atoms with Crippen molar-refractivity contribution in [2.24, 2.45) is 0 Å². The Hall–Kier alpha value is -1.11. The SMILES string of the molecule is Cc1cc([N+](=O)[O-])c(Cl)cc1NC(C)c1cc(Br)cs1. The highest BCUT2D eigenvalue weighted by atomic mass is 79.9. The van der Waals surface area contributed by atoms with Crippen molar-refractivity contribution in [1.82, 2.24) is 0 Å². The lowest BCUT2D eigenvalue weighted by molar-refractivity contribution is -0.384. The first kappa shape index (κ1) is 15.3. The highest BCUT2D eigenvalue weighted by molar-refractivity contribution is 9.10. The predicted molar refractivity (Wildman–Crippen MR) is 86.9 cm³/mol. The van der Waals surface area contributed by atoms with E-state index >= 15 is 0 Å². The number of hydrogen-bond donors (Lipinski definition) is 1. The molecule has 0 spiro atoms. The lowest BCUT2D eigenvalue weighted by Crippen LogP contribution is -2.06. The van der Waals surface area contributed by atoms with Crippen LogP contribution in [0, 0.1) is 17.0 Å². The first-order valence-corrected chi connectivity index (χ1v) is 7.88. The monoisotopic (exact) mass is 374 g/mol. The molecular formula is C13H12BrClN2O2S. The second kappa shape index (κ2) is 6.11. The van der Waals surface area contributed by atoms with Crippen molar-refractivity contribution in [1.29, 1.82) is 0 Å². The van der Waals surface area contributed by atoms with Gasteiger partial charge in [-0.25, -0.2) is 0 Å². The molecule has 0 fully saturated rings. The number of halogens is 2. The molecule has 1 N–H and O–H groups in total. The van der Waals surface area contributed by atoms with Gasteiger partial charge in [-0.2, -0.15) is 0 Å². The number of nitro groups is 1. The topological polar surface area (TPSA) is 55.2 Å². The molecule has 106 valence electrons. The smallest absolute Gasteiger partial charge is 0.288 e. The van der Waals surface area contributed by atoms with E-state index in [0.717, 1.165) is 15.7 Å². The summed E-state index contributed by atoms with van der Waals surface area (Å²) in [6.45, 7) is 3.86. The Balaban J connectivity index is 2.25. The minimum atomic E-state index is -0.473. The first-order valence-electron chi connectivity index (χ1n) is 5.83. The number of thiophene rings is 1. The molecule has 7 heteroatoms. The van der Waals surface area contributed by atoms with E-state index in [1.165, 1.54) is 10.9 Å². The molecular weight excluding hydrogens is 364 g/mol. The molecule has 2 aromatic rings. The Morgan fingerprint density at radius 3 is 2.70 bits per heavy atom. The summed E-state index contributed by atoms with van der Waals surface area (Å²) in [5, 5.41) is 16.3. The summed E-state index contributed by atoms with van der Waals surface area (Å²) in [6, 6.07) is 5.24. The van der Waals surface area contributed by atoms with Crippen molar-refractivity contribution in [3.8, 4) is 0 Å². The summed E-state index contributed by atoms with van der Waals surface area (Å²) in [7, 11) is 0. The molecule has 0 radical (unpaired) electrons. The third-order valence-corrected chi connectivity index (χ3v) is 5.06. The van der Waals surface area contributed by atoms with Gasteiger partial charge in [0.2, 0.25) is 0 Å². The molecule has 4 nitrogen and oxygen atoms in total. The van der Waals surface area contributed by atoms with Crippen LogP contribution in [-0.4, -0.2) is 4.92 Å². The average Bonchev–Trinajstić information content (AvgIpc) is 2.79. The number of rotatable bonds is 4. The molecule has 20 heavy (non-hydrogen) atoms. The minimum absolute atomic E-state index is 0.0683. The third kappa shape index (κ3) is 3.31. The summed E-state index contributed by atoms with van der Waals surface area (Å²) in [5.74, 6) is 0. The minimum Gasteiger partial charge on any atom is -0.377 e. The molecule has 1 atom stereocenters. The summed E-state index contributed by atoms with van der Waals surface area (Å²) in [4.78, 5) is 11.5. The maximum Gasteiger partial charge on any atom is 0.288 e. The van der Waals surface area contributed by atoms with E-state index in [-0.39, 0.29) is 16.8 Å². The van der Waals surface area contributed by atoms with Crippen molar-refractivity contribution in [2.75, 3.05) is 5.32 Å². The molecule has 1 heterocycles. The number of nitrogens with one attached hydrogen (secondary N) is 1.